The Kier molecular flexibility index (Phi) is 3.85. The second-order valence-corrected chi connectivity index (χ2v) is 5.38. The van der Waals surface area contributed by atoms with E-state index in [0.717, 1.165) is 5.56 Å². The lowest BCUT2D eigenvalue weighted by Gasteiger charge is -2.08. The minimum Gasteiger partial charge on any atom is -0.493 e. The van der Waals surface area contributed by atoms with Crippen LogP contribution < -0.4 is 14.2 Å². The zero-order valence-corrected chi connectivity index (χ0v) is 13.5. The van der Waals surface area contributed by atoms with Crippen molar-refractivity contribution in [1.82, 2.24) is 0 Å². The topological polar surface area (TPSA) is 66.3 Å². The van der Waals surface area contributed by atoms with Crippen LogP contribution in [0.15, 0.2) is 53.2 Å². The van der Waals surface area contributed by atoms with Crippen LogP contribution in [0.4, 0.5) is 0 Å². The Morgan fingerprint density at radius 1 is 1.16 bits per heavy atom. The van der Waals surface area contributed by atoms with Gasteiger partial charge in [0, 0.05) is 0 Å². The maximum atomic E-state index is 12.2. The number of benzene rings is 2. The number of hydrogen-bond donors (Lipinski definition) is 0. The fourth-order valence-electron chi connectivity index (χ4n) is 2.61. The van der Waals surface area contributed by atoms with Gasteiger partial charge in [0.1, 0.15) is 5.75 Å². The molecule has 0 aromatic heterocycles. The van der Waals surface area contributed by atoms with Crippen LogP contribution in [0.3, 0.4) is 0 Å². The molecule has 6 heteroatoms. The molecule has 0 N–H and O–H groups in total. The van der Waals surface area contributed by atoms with Crippen LogP contribution >= 0.6 is 0 Å². The van der Waals surface area contributed by atoms with E-state index < -0.39 is 5.97 Å². The third kappa shape index (κ3) is 2.94. The maximum Gasteiger partial charge on any atom is 0.363 e. The third-order valence-corrected chi connectivity index (χ3v) is 3.74. The molecule has 2 aliphatic heterocycles. The number of esters is 1. The van der Waals surface area contributed by atoms with Crippen molar-refractivity contribution in [3.63, 3.8) is 0 Å². The molecule has 0 fully saturated rings. The molecule has 25 heavy (non-hydrogen) atoms. The average molecular weight is 337 g/mol. The standard InChI is InChI=1S/C19H15NO5/c1-2-22-15-6-4-3-5-13(15)18-20-14(19(21)25-18)9-12-7-8-16-17(10-12)24-11-23-16/h3-10H,2,11H2,1H3/b14-9+. The van der Waals surface area contributed by atoms with E-state index in [-0.39, 0.29) is 18.4 Å². The van der Waals surface area contributed by atoms with E-state index in [1.807, 2.05) is 31.2 Å². The summed E-state index contributed by atoms with van der Waals surface area (Å²) in [6.45, 7) is 2.61. The Bertz CT molecular complexity index is 900. The van der Waals surface area contributed by atoms with Gasteiger partial charge in [-0.15, -0.1) is 0 Å². The molecule has 0 aliphatic carbocycles. The fourth-order valence-corrected chi connectivity index (χ4v) is 2.61. The van der Waals surface area contributed by atoms with Crippen molar-refractivity contribution in [3.05, 3.63) is 59.3 Å². The lowest BCUT2D eigenvalue weighted by atomic mass is 10.1. The lowest BCUT2D eigenvalue weighted by molar-refractivity contribution is -0.129. The van der Waals surface area contributed by atoms with E-state index in [9.17, 15) is 4.79 Å². The number of para-hydroxylation sites is 1. The predicted molar refractivity (Wildman–Crippen MR) is 90.8 cm³/mol. The Morgan fingerprint density at radius 3 is 2.88 bits per heavy atom. The molecular formula is C19H15NO5. The zero-order chi connectivity index (χ0) is 17.2. The number of ether oxygens (including phenoxy) is 4. The van der Waals surface area contributed by atoms with Gasteiger partial charge in [0.05, 0.1) is 12.2 Å². The number of carbonyl (C=O) groups is 1. The maximum absolute atomic E-state index is 12.2. The van der Waals surface area contributed by atoms with E-state index in [1.165, 1.54) is 0 Å². The SMILES string of the molecule is CCOc1ccccc1C1=N/C(=C/c2ccc3c(c2)OCO3)C(=O)O1. The summed E-state index contributed by atoms with van der Waals surface area (Å²) >= 11 is 0. The first-order valence-corrected chi connectivity index (χ1v) is 7.89. The van der Waals surface area contributed by atoms with Gasteiger partial charge in [0.15, 0.2) is 17.2 Å². The first-order chi connectivity index (χ1) is 12.2. The summed E-state index contributed by atoms with van der Waals surface area (Å²) in [5, 5.41) is 0. The summed E-state index contributed by atoms with van der Waals surface area (Å²) in [5.41, 5.74) is 1.64. The third-order valence-electron chi connectivity index (χ3n) is 3.74. The summed E-state index contributed by atoms with van der Waals surface area (Å²) in [5.74, 6) is 1.69. The Morgan fingerprint density at radius 2 is 2.00 bits per heavy atom. The molecule has 0 atom stereocenters. The second kappa shape index (κ2) is 6.32. The van der Waals surface area contributed by atoms with Crippen LogP contribution in [-0.4, -0.2) is 25.3 Å². The number of carbonyl (C=O) groups excluding carboxylic acids is 1. The van der Waals surface area contributed by atoms with Crippen molar-refractivity contribution >= 4 is 17.9 Å². The molecule has 0 radical (unpaired) electrons. The number of aliphatic imine (C=N–C) groups is 1. The van der Waals surface area contributed by atoms with Crippen LogP contribution in [0.2, 0.25) is 0 Å². The summed E-state index contributed by atoms with van der Waals surface area (Å²) in [6.07, 6.45) is 1.65. The number of nitrogens with zero attached hydrogens (tertiary/aromatic N) is 1. The monoisotopic (exact) mass is 337 g/mol. The zero-order valence-electron chi connectivity index (χ0n) is 13.5. The van der Waals surface area contributed by atoms with Gasteiger partial charge in [-0.1, -0.05) is 18.2 Å². The van der Waals surface area contributed by atoms with Gasteiger partial charge in [-0.25, -0.2) is 9.79 Å². The molecular weight excluding hydrogens is 322 g/mol. The highest BCUT2D eigenvalue weighted by Crippen LogP contribution is 2.33. The summed E-state index contributed by atoms with van der Waals surface area (Å²) in [4.78, 5) is 16.5. The number of fused-ring (bicyclic) bond motifs is 1. The molecule has 0 bridgehead atoms. The molecule has 126 valence electrons. The summed E-state index contributed by atoms with van der Waals surface area (Å²) < 4.78 is 21.5. The molecule has 0 amide bonds. The normalized spacial score (nSPS) is 16.8. The predicted octanol–water partition coefficient (Wildman–Crippen LogP) is 3.16. The molecule has 2 aromatic rings. The van der Waals surface area contributed by atoms with Crippen LogP contribution in [0.1, 0.15) is 18.1 Å². The van der Waals surface area contributed by atoms with E-state index in [1.54, 1.807) is 24.3 Å². The van der Waals surface area contributed by atoms with E-state index >= 15 is 0 Å². The number of hydrogen-bond acceptors (Lipinski definition) is 6. The first kappa shape index (κ1) is 15.3. The van der Waals surface area contributed by atoms with Gasteiger partial charge >= 0.3 is 5.97 Å². The van der Waals surface area contributed by atoms with E-state index in [2.05, 4.69) is 4.99 Å². The average Bonchev–Trinajstić information content (AvgIpc) is 3.22. The molecule has 4 rings (SSSR count). The van der Waals surface area contributed by atoms with Crippen molar-refractivity contribution in [1.29, 1.82) is 0 Å². The van der Waals surface area contributed by atoms with Crippen LogP contribution in [0.5, 0.6) is 17.2 Å². The van der Waals surface area contributed by atoms with Gasteiger partial charge in [-0.2, -0.15) is 0 Å². The van der Waals surface area contributed by atoms with Gasteiger partial charge in [-0.05, 0) is 42.8 Å². The van der Waals surface area contributed by atoms with Crippen molar-refractivity contribution in [2.75, 3.05) is 13.4 Å². The minimum absolute atomic E-state index is 0.202. The lowest BCUT2D eigenvalue weighted by Crippen LogP contribution is -2.07. The Balaban J connectivity index is 1.67. The van der Waals surface area contributed by atoms with Crippen molar-refractivity contribution in [2.45, 2.75) is 6.92 Å². The Hall–Kier alpha value is -3.28. The van der Waals surface area contributed by atoms with Gasteiger partial charge in [-0.3, -0.25) is 0 Å². The van der Waals surface area contributed by atoms with Crippen molar-refractivity contribution in [3.8, 4) is 17.2 Å². The largest absolute Gasteiger partial charge is 0.493 e. The second-order valence-electron chi connectivity index (χ2n) is 5.38. The van der Waals surface area contributed by atoms with Crippen molar-refractivity contribution < 1.29 is 23.7 Å². The fraction of sp³-hybridized carbons (Fsp3) is 0.158. The molecule has 6 nitrogen and oxygen atoms in total. The highest BCUT2D eigenvalue weighted by atomic mass is 16.7. The summed E-state index contributed by atoms with van der Waals surface area (Å²) in [7, 11) is 0. The van der Waals surface area contributed by atoms with Crippen molar-refractivity contribution in [2.24, 2.45) is 4.99 Å². The van der Waals surface area contributed by atoms with Crippen LogP contribution in [0.25, 0.3) is 6.08 Å². The Labute approximate surface area is 144 Å². The van der Waals surface area contributed by atoms with Gasteiger partial charge in [0.25, 0.3) is 0 Å². The molecule has 2 heterocycles. The quantitative estimate of drug-likeness (QED) is 0.633. The van der Waals surface area contributed by atoms with Crippen LogP contribution in [0, 0.1) is 0 Å². The molecule has 0 spiro atoms. The smallest absolute Gasteiger partial charge is 0.363 e. The van der Waals surface area contributed by atoms with Gasteiger partial charge < -0.3 is 18.9 Å². The highest BCUT2D eigenvalue weighted by Gasteiger charge is 2.26. The highest BCUT2D eigenvalue weighted by molar-refractivity contribution is 6.13. The summed E-state index contributed by atoms with van der Waals surface area (Å²) in [6, 6.07) is 12.7. The van der Waals surface area contributed by atoms with Gasteiger partial charge in [0.2, 0.25) is 12.7 Å². The van der Waals surface area contributed by atoms with E-state index in [0.29, 0.717) is 29.4 Å². The molecule has 2 aliphatic rings. The molecule has 0 unspecified atom stereocenters. The number of rotatable bonds is 4. The van der Waals surface area contributed by atoms with E-state index in [4.69, 9.17) is 18.9 Å². The molecule has 0 saturated carbocycles. The molecule has 2 aromatic carbocycles. The van der Waals surface area contributed by atoms with Crippen LogP contribution in [-0.2, 0) is 9.53 Å². The minimum atomic E-state index is -0.501. The molecule has 0 saturated heterocycles. The first-order valence-electron chi connectivity index (χ1n) is 7.89. The number of cyclic esters (lactones) is 1.